The lowest BCUT2D eigenvalue weighted by molar-refractivity contribution is 0.00578. The molecule has 2 heterocycles. The molecule has 1 aromatic carbocycles. The van der Waals surface area contributed by atoms with Gasteiger partial charge in [-0.05, 0) is 61.0 Å². The average molecular weight is 384 g/mol. The minimum absolute atomic E-state index is 0.0365. The first-order chi connectivity index (χ1) is 12.8. The van der Waals surface area contributed by atoms with Gasteiger partial charge in [-0.15, -0.1) is 6.58 Å². The zero-order chi connectivity index (χ0) is 21.0. The minimum Gasteiger partial charge on any atom is -0.403 e. The van der Waals surface area contributed by atoms with Gasteiger partial charge in [0.2, 0.25) is 0 Å². The number of rotatable bonds is 5. The predicted octanol–water partition coefficient (Wildman–Crippen LogP) is 5.05. The topological polar surface area (TPSA) is 36.9 Å². The van der Waals surface area contributed by atoms with E-state index in [9.17, 15) is 0 Å². The van der Waals surface area contributed by atoms with Crippen LogP contribution in [0.1, 0.15) is 66.9 Å². The molecule has 2 aliphatic rings. The van der Waals surface area contributed by atoms with Crippen LogP contribution in [-0.4, -0.2) is 36.6 Å². The smallest absolute Gasteiger partial charge is 0.403 e. The quantitative estimate of drug-likeness (QED) is 0.526. The van der Waals surface area contributed by atoms with Gasteiger partial charge < -0.3 is 18.6 Å². The summed E-state index contributed by atoms with van der Waals surface area (Å²) < 4.78 is 25.8. The lowest BCUT2D eigenvalue weighted by atomic mass is 9.46. The molecular formula is C22H34B2O4. The molecule has 0 aromatic heterocycles. The van der Waals surface area contributed by atoms with Crippen molar-refractivity contribution in [3.05, 3.63) is 48.6 Å². The highest BCUT2D eigenvalue weighted by molar-refractivity contribution is 6.68. The van der Waals surface area contributed by atoms with Crippen molar-refractivity contribution in [2.45, 2.75) is 89.4 Å². The maximum Gasteiger partial charge on any atom is 0.459 e. The molecule has 2 saturated heterocycles. The fourth-order valence-electron chi connectivity index (χ4n) is 3.75. The highest BCUT2D eigenvalue weighted by Crippen LogP contribution is 2.49. The molecule has 0 spiro atoms. The molecule has 0 amide bonds. The Morgan fingerprint density at radius 1 is 0.714 bits per heavy atom. The van der Waals surface area contributed by atoms with E-state index in [1.54, 1.807) is 0 Å². The lowest BCUT2D eigenvalue weighted by Gasteiger charge is -2.32. The van der Waals surface area contributed by atoms with E-state index in [0.29, 0.717) is 0 Å². The summed E-state index contributed by atoms with van der Waals surface area (Å²) in [5.41, 5.74) is -0.762. The summed E-state index contributed by atoms with van der Waals surface area (Å²) in [6.07, 6.45) is 1.95. The Morgan fingerprint density at radius 2 is 1.07 bits per heavy atom. The molecule has 0 bridgehead atoms. The normalized spacial score (nSPS) is 25.9. The third-order valence-electron chi connectivity index (χ3n) is 7.02. The van der Waals surface area contributed by atoms with E-state index < -0.39 is 36.6 Å². The van der Waals surface area contributed by atoms with Crippen LogP contribution in [0.2, 0.25) is 5.72 Å². The Bertz CT molecular complexity index is 647. The van der Waals surface area contributed by atoms with Gasteiger partial charge in [0, 0.05) is 11.6 Å². The highest BCUT2D eigenvalue weighted by atomic mass is 16.7. The van der Waals surface area contributed by atoms with E-state index in [0.717, 1.165) is 5.56 Å². The van der Waals surface area contributed by atoms with E-state index in [4.69, 9.17) is 18.6 Å². The van der Waals surface area contributed by atoms with Crippen molar-refractivity contribution in [3.63, 3.8) is 0 Å². The second kappa shape index (κ2) is 7.02. The predicted molar refractivity (Wildman–Crippen MR) is 115 cm³/mol. The van der Waals surface area contributed by atoms with Crippen molar-refractivity contribution in [1.29, 1.82) is 0 Å². The number of allylic oxidation sites excluding steroid dienone is 1. The van der Waals surface area contributed by atoms with Crippen molar-refractivity contribution < 1.29 is 18.6 Å². The summed E-state index contributed by atoms with van der Waals surface area (Å²) in [6, 6.07) is 10.3. The van der Waals surface area contributed by atoms with Gasteiger partial charge in [-0.1, -0.05) is 36.4 Å². The molecule has 0 aliphatic carbocycles. The second-order valence-electron chi connectivity index (χ2n) is 10.00. The molecule has 0 saturated carbocycles. The van der Waals surface area contributed by atoms with Crippen molar-refractivity contribution in [2.24, 2.45) is 0 Å². The SMILES string of the molecule is C=C[C@H](c1ccccc1)C(B1OC(C)(C)C(C)(C)O1)B1OC(C)(C)C(C)(C)O1. The molecular weight excluding hydrogens is 350 g/mol. The lowest BCUT2D eigenvalue weighted by Crippen LogP contribution is -2.41. The zero-order valence-electron chi connectivity index (χ0n) is 18.6. The van der Waals surface area contributed by atoms with Crippen LogP contribution >= 0.6 is 0 Å². The van der Waals surface area contributed by atoms with Crippen LogP contribution in [0.15, 0.2) is 43.0 Å². The Morgan fingerprint density at radius 3 is 1.39 bits per heavy atom. The van der Waals surface area contributed by atoms with Crippen molar-refractivity contribution in [3.8, 4) is 0 Å². The molecule has 0 radical (unpaired) electrons. The largest absolute Gasteiger partial charge is 0.459 e. The van der Waals surface area contributed by atoms with E-state index in [-0.39, 0.29) is 11.6 Å². The Balaban J connectivity index is 2.02. The van der Waals surface area contributed by atoms with Crippen LogP contribution in [0.3, 0.4) is 0 Å². The molecule has 1 atom stereocenters. The van der Waals surface area contributed by atoms with Gasteiger partial charge >= 0.3 is 14.2 Å². The highest BCUT2D eigenvalue weighted by Gasteiger charge is 2.63. The van der Waals surface area contributed by atoms with Crippen molar-refractivity contribution >= 4 is 14.2 Å². The van der Waals surface area contributed by atoms with Crippen LogP contribution in [0.4, 0.5) is 0 Å². The molecule has 4 nitrogen and oxygen atoms in total. The Hall–Kier alpha value is -1.07. The molecule has 1 aromatic rings. The molecule has 2 aliphatic heterocycles. The summed E-state index contributed by atoms with van der Waals surface area (Å²) in [7, 11) is -0.939. The fraction of sp³-hybridized carbons (Fsp3) is 0.636. The molecule has 152 valence electrons. The van der Waals surface area contributed by atoms with Crippen LogP contribution in [0, 0.1) is 0 Å². The van der Waals surface area contributed by atoms with Gasteiger partial charge in [0.25, 0.3) is 0 Å². The summed E-state index contributed by atoms with van der Waals surface area (Å²) in [4.78, 5) is 0. The van der Waals surface area contributed by atoms with Crippen LogP contribution in [-0.2, 0) is 18.6 Å². The molecule has 2 fully saturated rings. The Kier molecular flexibility index (Phi) is 5.42. The minimum atomic E-state index is -0.470. The summed E-state index contributed by atoms with van der Waals surface area (Å²) >= 11 is 0. The zero-order valence-corrected chi connectivity index (χ0v) is 18.6. The second-order valence-corrected chi connectivity index (χ2v) is 10.00. The van der Waals surface area contributed by atoms with Crippen LogP contribution < -0.4 is 0 Å². The van der Waals surface area contributed by atoms with Gasteiger partial charge in [0.15, 0.2) is 0 Å². The van der Waals surface area contributed by atoms with E-state index in [2.05, 4.69) is 74.1 Å². The Labute approximate surface area is 171 Å². The monoisotopic (exact) mass is 384 g/mol. The summed E-state index contributed by atoms with van der Waals surface area (Å²) in [5, 5.41) is 0. The van der Waals surface area contributed by atoms with Gasteiger partial charge in [-0.25, -0.2) is 0 Å². The number of benzene rings is 1. The first kappa shape index (κ1) is 21.6. The van der Waals surface area contributed by atoms with E-state index in [1.165, 1.54) is 0 Å². The number of hydrogen-bond donors (Lipinski definition) is 0. The molecule has 0 N–H and O–H groups in total. The van der Waals surface area contributed by atoms with E-state index >= 15 is 0 Å². The maximum atomic E-state index is 6.45. The number of hydrogen-bond acceptors (Lipinski definition) is 4. The molecule has 0 unspecified atom stereocenters. The third kappa shape index (κ3) is 3.60. The van der Waals surface area contributed by atoms with Gasteiger partial charge in [0.1, 0.15) is 0 Å². The fourth-order valence-corrected chi connectivity index (χ4v) is 3.75. The van der Waals surface area contributed by atoms with Gasteiger partial charge in [0.05, 0.1) is 22.4 Å². The van der Waals surface area contributed by atoms with Crippen LogP contribution in [0.25, 0.3) is 0 Å². The van der Waals surface area contributed by atoms with Crippen molar-refractivity contribution in [2.75, 3.05) is 0 Å². The maximum absolute atomic E-state index is 6.45. The van der Waals surface area contributed by atoms with Gasteiger partial charge in [-0.2, -0.15) is 0 Å². The molecule has 6 heteroatoms. The first-order valence-electron chi connectivity index (χ1n) is 10.2. The van der Waals surface area contributed by atoms with Gasteiger partial charge in [-0.3, -0.25) is 0 Å². The summed E-state index contributed by atoms with van der Waals surface area (Å²) in [6.45, 7) is 20.7. The summed E-state index contributed by atoms with van der Waals surface area (Å²) in [5.74, 6) is -0.0365. The van der Waals surface area contributed by atoms with E-state index in [1.807, 2.05) is 24.3 Å². The molecule has 3 rings (SSSR count). The van der Waals surface area contributed by atoms with Crippen molar-refractivity contribution in [1.82, 2.24) is 0 Å². The average Bonchev–Trinajstić information content (AvgIpc) is 2.92. The molecule has 28 heavy (non-hydrogen) atoms. The van der Waals surface area contributed by atoms with Crippen LogP contribution in [0.5, 0.6) is 0 Å². The third-order valence-corrected chi connectivity index (χ3v) is 7.02. The standard InChI is InChI=1S/C22H34B2O4/c1-10-17(16-14-12-11-13-15-16)18(23-25-19(2,3)20(4,5)26-23)24-27-21(6,7)22(8,9)28-24/h10-15,17-18H,1H2,2-9H3/t17-/m1/s1. The first-order valence-corrected chi connectivity index (χ1v) is 10.2.